The van der Waals surface area contributed by atoms with Gasteiger partial charge < -0.3 is 41.2 Å². The Balaban J connectivity index is 1.39. The van der Waals surface area contributed by atoms with E-state index in [9.17, 15) is 4.79 Å². The molecule has 226 valence electrons. The smallest absolute Gasteiger partial charge is 0.251 e. The maximum Gasteiger partial charge on any atom is 0.251 e. The van der Waals surface area contributed by atoms with E-state index in [4.69, 9.17) is 19.9 Å². The summed E-state index contributed by atoms with van der Waals surface area (Å²) >= 11 is 0. The number of hydrogen-bond donors (Lipinski definition) is 5. The first-order chi connectivity index (χ1) is 21.1. The third kappa shape index (κ3) is 10.8. The number of carbonyl (C=O) groups is 1. The van der Waals surface area contributed by atoms with Gasteiger partial charge in [-0.1, -0.05) is 24.3 Å². The van der Waals surface area contributed by atoms with Gasteiger partial charge in [-0.15, -0.1) is 0 Å². The molecule has 0 bridgehead atoms. The van der Waals surface area contributed by atoms with Gasteiger partial charge >= 0.3 is 0 Å². The Labute approximate surface area is 250 Å². The first-order valence-electron chi connectivity index (χ1n) is 13.9. The van der Waals surface area contributed by atoms with Crippen molar-refractivity contribution in [3.63, 3.8) is 0 Å². The minimum absolute atomic E-state index is 0.221. The van der Waals surface area contributed by atoms with Crippen molar-refractivity contribution >= 4 is 29.4 Å². The number of nitrogens with two attached hydrogens (primary N) is 1. The first kappa shape index (κ1) is 31.1. The summed E-state index contributed by atoms with van der Waals surface area (Å²) < 4.78 is 16.0. The molecule has 0 fully saturated rings. The molecule has 13 nitrogen and oxygen atoms in total. The number of hydrogen-bond acceptors (Lipinski definition) is 12. The van der Waals surface area contributed by atoms with Crippen LogP contribution in [-0.4, -0.2) is 72.5 Å². The van der Waals surface area contributed by atoms with E-state index in [0.29, 0.717) is 81.7 Å². The summed E-state index contributed by atoms with van der Waals surface area (Å²) in [6.07, 6.45) is 1.73. The molecule has 0 atom stereocenters. The number of anilines is 4. The number of benzene rings is 2. The molecule has 4 aromatic rings. The lowest BCUT2D eigenvalue weighted by molar-refractivity contribution is 0.0511. The second-order valence-electron chi connectivity index (χ2n) is 9.16. The van der Waals surface area contributed by atoms with Crippen LogP contribution in [-0.2, 0) is 22.6 Å². The summed E-state index contributed by atoms with van der Waals surface area (Å²) in [6, 6.07) is 20.5. The summed E-state index contributed by atoms with van der Waals surface area (Å²) in [5, 5.41) is 12.5. The fourth-order valence-electron chi connectivity index (χ4n) is 3.80. The van der Waals surface area contributed by atoms with Crippen molar-refractivity contribution in [1.29, 1.82) is 0 Å². The lowest BCUT2D eigenvalue weighted by atomic mass is 10.2. The highest BCUT2D eigenvalue weighted by Crippen LogP contribution is 2.19. The van der Waals surface area contributed by atoms with Gasteiger partial charge in [-0.05, 0) is 48.0 Å². The van der Waals surface area contributed by atoms with Gasteiger partial charge in [-0.2, -0.15) is 15.0 Å². The average Bonchev–Trinajstić information content (AvgIpc) is 3.05. The predicted molar refractivity (Wildman–Crippen MR) is 164 cm³/mol. The standard InChI is InChI=1S/C30H37N9O4/c1-41-26-10-8-22(9-11-26)20-34-28-37-29(35-21-25-6-2-3-13-32-25)39-30(38-28)36-24-7-4-5-23(19-24)27(40)33-14-16-43-18-17-42-15-12-31/h2-11,13,19H,12,14-18,20-21,31H2,1H3,(H,33,40)(H3,34,35,36,37,38,39). The monoisotopic (exact) mass is 587 g/mol. The van der Waals surface area contributed by atoms with Gasteiger partial charge in [0.2, 0.25) is 17.8 Å². The Bertz CT molecular complexity index is 1410. The zero-order chi connectivity index (χ0) is 30.1. The second kappa shape index (κ2) is 17.2. The zero-order valence-electron chi connectivity index (χ0n) is 24.1. The number of nitrogens with zero attached hydrogens (tertiary/aromatic N) is 4. The molecule has 1 amide bonds. The molecule has 0 radical (unpaired) electrons. The van der Waals surface area contributed by atoms with Crippen LogP contribution in [0.1, 0.15) is 21.6 Å². The third-order valence-electron chi connectivity index (χ3n) is 5.95. The highest BCUT2D eigenvalue weighted by atomic mass is 16.5. The molecular weight excluding hydrogens is 550 g/mol. The van der Waals surface area contributed by atoms with E-state index >= 15 is 0 Å². The molecule has 0 aliphatic heterocycles. The number of pyridine rings is 1. The fourth-order valence-corrected chi connectivity index (χ4v) is 3.80. The van der Waals surface area contributed by atoms with E-state index in [0.717, 1.165) is 17.0 Å². The predicted octanol–water partition coefficient (Wildman–Crippen LogP) is 2.96. The van der Waals surface area contributed by atoms with Crippen LogP contribution in [0.5, 0.6) is 5.75 Å². The molecule has 13 heteroatoms. The minimum atomic E-state index is -0.221. The summed E-state index contributed by atoms with van der Waals surface area (Å²) in [6.45, 7) is 3.56. The lowest BCUT2D eigenvalue weighted by Crippen LogP contribution is -2.27. The van der Waals surface area contributed by atoms with Gasteiger partial charge in [-0.3, -0.25) is 9.78 Å². The number of nitrogens with one attached hydrogen (secondary N) is 4. The van der Waals surface area contributed by atoms with Crippen molar-refractivity contribution in [2.45, 2.75) is 13.1 Å². The molecule has 0 aliphatic carbocycles. The van der Waals surface area contributed by atoms with E-state index in [1.165, 1.54) is 0 Å². The number of ether oxygens (including phenoxy) is 3. The number of aromatic nitrogens is 4. The summed E-state index contributed by atoms with van der Waals surface area (Å²) in [5.41, 5.74) is 8.38. The summed E-state index contributed by atoms with van der Waals surface area (Å²) in [7, 11) is 1.63. The van der Waals surface area contributed by atoms with Crippen LogP contribution in [0.2, 0.25) is 0 Å². The van der Waals surface area contributed by atoms with Crippen LogP contribution < -0.4 is 31.7 Å². The number of rotatable bonds is 18. The third-order valence-corrected chi connectivity index (χ3v) is 5.95. The molecule has 2 aromatic carbocycles. The van der Waals surface area contributed by atoms with E-state index in [-0.39, 0.29) is 5.91 Å². The Morgan fingerprint density at radius 1 is 0.814 bits per heavy atom. The lowest BCUT2D eigenvalue weighted by Gasteiger charge is -2.12. The number of amides is 1. The maximum absolute atomic E-state index is 12.7. The molecule has 43 heavy (non-hydrogen) atoms. The molecule has 4 rings (SSSR count). The molecule has 0 saturated carbocycles. The topological polar surface area (TPSA) is 170 Å². The van der Waals surface area contributed by atoms with Gasteiger partial charge in [0.25, 0.3) is 5.91 Å². The van der Waals surface area contributed by atoms with Crippen LogP contribution in [0, 0.1) is 0 Å². The van der Waals surface area contributed by atoms with E-state index in [1.54, 1.807) is 31.5 Å². The highest BCUT2D eigenvalue weighted by molar-refractivity contribution is 5.95. The SMILES string of the molecule is COc1ccc(CNc2nc(NCc3ccccn3)nc(Nc3cccc(C(=O)NCCOCCOCCN)c3)n2)cc1. The van der Waals surface area contributed by atoms with Crippen LogP contribution in [0.15, 0.2) is 72.9 Å². The molecule has 0 aliphatic rings. The summed E-state index contributed by atoms with van der Waals surface area (Å²) in [4.78, 5) is 30.6. The van der Waals surface area contributed by atoms with Gasteiger partial charge in [-0.25, -0.2) is 0 Å². The molecule has 0 spiro atoms. The molecular formula is C30H37N9O4. The van der Waals surface area contributed by atoms with Gasteiger partial charge in [0.05, 0.1) is 45.8 Å². The van der Waals surface area contributed by atoms with E-state index in [1.807, 2.05) is 48.5 Å². The Hall–Kier alpha value is -4.85. The van der Waals surface area contributed by atoms with Crippen molar-refractivity contribution in [2.24, 2.45) is 5.73 Å². The van der Waals surface area contributed by atoms with E-state index < -0.39 is 0 Å². The quantitative estimate of drug-likeness (QED) is 0.108. The zero-order valence-corrected chi connectivity index (χ0v) is 24.1. The van der Waals surface area contributed by atoms with Crippen molar-refractivity contribution in [3.05, 3.63) is 89.7 Å². The largest absolute Gasteiger partial charge is 0.497 e. The second-order valence-corrected chi connectivity index (χ2v) is 9.16. The van der Waals surface area contributed by atoms with E-state index in [2.05, 4.69) is 41.2 Å². The van der Waals surface area contributed by atoms with Crippen molar-refractivity contribution in [1.82, 2.24) is 25.3 Å². The molecule has 0 unspecified atom stereocenters. The number of carbonyl (C=O) groups excluding carboxylic acids is 1. The highest BCUT2D eigenvalue weighted by Gasteiger charge is 2.10. The molecule has 2 heterocycles. The maximum atomic E-state index is 12.7. The fraction of sp³-hybridized carbons (Fsp3) is 0.300. The molecule has 0 saturated heterocycles. The number of methoxy groups -OCH3 is 1. The van der Waals surface area contributed by atoms with Crippen molar-refractivity contribution in [3.8, 4) is 5.75 Å². The Morgan fingerprint density at radius 3 is 2.28 bits per heavy atom. The van der Waals surface area contributed by atoms with Crippen LogP contribution in [0.4, 0.5) is 23.5 Å². The Morgan fingerprint density at radius 2 is 1.56 bits per heavy atom. The van der Waals surface area contributed by atoms with Gasteiger partial charge in [0, 0.05) is 37.1 Å². The minimum Gasteiger partial charge on any atom is -0.497 e. The van der Waals surface area contributed by atoms with Crippen LogP contribution in [0.25, 0.3) is 0 Å². The molecule has 6 N–H and O–H groups in total. The van der Waals surface area contributed by atoms with Crippen LogP contribution in [0.3, 0.4) is 0 Å². The van der Waals surface area contributed by atoms with Crippen LogP contribution >= 0.6 is 0 Å². The average molecular weight is 588 g/mol. The normalized spacial score (nSPS) is 10.7. The van der Waals surface area contributed by atoms with Crippen molar-refractivity contribution in [2.75, 3.05) is 62.6 Å². The summed E-state index contributed by atoms with van der Waals surface area (Å²) in [5.74, 6) is 1.60. The first-order valence-corrected chi connectivity index (χ1v) is 13.9. The Kier molecular flexibility index (Phi) is 12.4. The van der Waals surface area contributed by atoms with Gasteiger partial charge in [0.15, 0.2) is 0 Å². The van der Waals surface area contributed by atoms with Gasteiger partial charge in [0.1, 0.15) is 5.75 Å². The van der Waals surface area contributed by atoms with Crippen molar-refractivity contribution < 1.29 is 19.0 Å². The molecule has 2 aromatic heterocycles.